The van der Waals surface area contributed by atoms with Gasteiger partial charge in [-0.05, 0) is 111 Å². The molecular weight excluding hydrogens is 586 g/mol. The Morgan fingerprint density at radius 1 is 0.935 bits per heavy atom. The summed E-state index contributed by atoms with van der Waals surface area (Å²) in [4.78, 5) is 36.1. The molecule has 0 amide bonds. The SMILES string of the molecule is CCCCCC[C@](C)(O)[C@H]1CC[C@H]2[C@@H]3C[C@H](OC(=O)CCC(=O)Oc4ccc([N+](=O)[O-])cc4)[C@H]4C[C@@H](O)CC[C@]4(C)[C@H]3CC[C@@]21C. The van der Waals surface area contributed by atoms with Crippen LogP contribution in [0.5, 0.6) is 5.75 Å². The Labute approximate surface area is 274 Å². The van der Waals surface area contributed by atoms with Crippen molar-refractivity contribution < 1.29 is 34.2 Å². The second kappa shape index (κ2) is 13.9. The molecule has 1 aromatic rings. The molecule has 0 bridgehead atoms. The summed E-state index contributed by atoms with van der Waals surface area (Å²) in [6, 6.07) is 5.25. The molecule has 0 unspecified atom stereocenters. The molecule has 0 aliphatic heterocycles. The van der Waals surface area contributed by atoms with E-state index in [9.17, 15) is 29.9 Å². The van der Waals surface area contributed by atoms with Gasteiger partial charge in [0.1, 0.15) is 11.9 Å². The molecule has 0 aromatic heterocycles. The number of benzene rings is 1. The number of unbranched alkanes of at least 4 members (excludes halogenated alkanes) is 3. The summed E-state index contributed by atoms with van der Waals surface area (Å²) >= 11 is 0. The molecule has 0 radical (unpaired) electrons. The number of hydrogen-bond donors (Lipinski definition) is 2. The molecule has 10 atom stereocenters. The Kier molecular flexibility index (Phi) is 10.5. The molecule has 0 saturated heterocycles. The third-order valence-corrected chi connectivity index (χ3v) is 13.0. The normalized spacial score (nSPS) is 36.4. The molecule has 9 nitrogen and oxygen atoms in total. The number of esters is 2. The lowest BCUT2D eigenvalue weighted by atomic mass is 9.43. The van der Waals surface area contributed by atoms with E-state index in [0.29, 0.717) is 24.2 Å². The van der Waals surface area contributed by atoms with Gasteiger partial charge in [0.25, 0.3) is 5.69 Å². The molecule has 256 valence electrons. The lowest BCUT2D eigenvalue weighted by molar-refractivity contribution is -0.384. The van der Waals surface area contributed by atoms with Crippen molar-refractivity contribution in [3.05, 3.63) is 34.4 Å². The van der Waals surface area contributed by atoms with Crippen LogP contribution < -0.4 is 4.74 Å². The van der Waals surface area contributed by atoms with E-state index >= 15 is 0 Å². The van der Waals surface area contributed by atoms with Gasteiger partial charge in [0, 0.05) is 18.1 Å². The maximum atomic E-state index is 13.2. The number of hydrogen-bond acceptors (Lipinski definition) is 8. The molecule has 4 aliphatic carbocycles. The molecule has 4 aliphatic rings. The van der Waals surface area contributed by atoms with Gasteiger partial charge in [-0.2, -0.15) is 0 Å². The maximum absolute atomic E-state index is 13.2. The molecule has 5 rings (SSSR count). The number of nitro benzene ring substituents is 1. The third kappa shape index (κ3) is 7.01. The number of aliphatic hydroxyl groups is 2. The second-order valence-electron chi connectivity index (χ2n) is 15.7. The van der Waals surface area contributed by atoms with Gasteiger partial charge >= 0.3 is 11.9 Å². The zero-order valence-electron chi connectivity index (χ0n) is 28.2. The third-order valence-electron chi connectivity index (χ3n) is 13.0. The van der Waals surface area contributed by atoms with E-state index < -0.39 is 28.6 Å². The molecule has 46 heavy (non-hydrogen) atoms. The molecule has 0 heterocycles. The zero-order chi connectivity index (χ0) is 33.3. The summed E-state index contributed by atoms with van der Waals surface area (Å²) in [5, 5.41) is 33.4. The van der Waals surface area contributed by atoms with Crippen LogP contribution in [-0.2, 0) is 14.3 Å². The zero-order valence-corrected chi connectivity index (χ0v) is 28.2. The Hall–Kier alpha value is -2.52. The topological polar surface area (TPSA) is 136 Å². The minimum Gasteiger partial charge on any atom is -0.462 e. The van der Waals surface area contributed by atoms with Crippen LogP contribution >= 0.6 is 0 Å². The van der Waals surface area contributed by atoms with Gasteiger partial charge < -0.3 is 19.7 Å². The van der Waals surface area contributed by atoms with Gasteiger partial charge in [-0.3, -0.25) is 19.7 Å². The lowest BCUT2D eigenvalue weighted by Crippen LogP contribution is -2.59. The lowest BCUT2D eigenvalue weighted by Gasteiger charge is -2.63. The summed E-state index contributed by atoms with van der Waals surface area (Å²) in [6.07, 6.45) is 11.9. The highest BCUT2D eigenvalue weighted by molar-refractivity contribution is 5.79. The number of nitrogens with zero attached hydrogens (tertiary/aromatic N) is 1. The van der Waals surface area contributed by atoms with Crippen LogP contribution in [0.3, 0.4) is 0 Å². The summed E-state index contributed by atoms with van der Waals surface area (Å²) in [6.45, 7) is 9.07. The Morgan fingerprint density at radius 2 is 1.61 bits per heavy atom. The van der Waals surface area contributed by atoms with Crippen LogP contribution in [0.15, 0.2) is 24.3 Å². The minimum atomic E-state index is -0.685. The molecule has 0 spiro atoms. The van der Waals surface area contributed by atoms with Crippen LogP contribution in [0, 0.1) is 50.5 Å². The second-order valence-corrected chi connectivity index (χ2v) is 15.7. The Morgan fingerprint density at radius 3 is 2.30 bits per heavy atom. The smallest absolute Gasteiger partial charge is 0.311 e. The maximum Gasteiger partial charge on any atom is 0.311 e. The molecule has 2 N–H and O–H groups in total. The molecule has 4 fully saturated rings. The molecular formula is C37H55NO8. The average molecular weight is 642 g/mol. The predicted molar refractivity (Wildman–Crippen MR) is 174 cm³/mol. The van der Waals surface area contributed by atoms with Crippen molar-refractivity contribution in [1.29, 1.82) is 0 Å². The molecule has 9 heteroatoms. The van der Waals surface area contributed by atoms with Crippen LogP contribution in [-0.4, -0.2) is 44.9 Å². The van der Waals surface area contributed by atoms with Crippen LogP contribution in [0.1, 0.15) is 124 Å². The quantitative estimate of drug-likeness (QED) is 0.0785. The van der Waals surface area contributed by atoms with Crippen molar-refractivity contribution >= 4 is 17.6 Å². The van der Waals surface area contributed by atoms with Gasteiger partial charge in [0.15, 0.2) is 0 Å². The van der Waals surface area contributed by atoms with E-state index in [1.54, 1.807) is 0 Å². The van der Waals surface area contributed by atoms with Gasteiger partial charge in [-0.1, -0.05) is 46.5 Å². The van der Waals surface area contributed by atoms with Crippen LogP contribution in [0.25, 0.3) is 0 Å². The number of ether oxygens (including phenoxy) is 2. The van der Waals surface area contributed by atoms with E-state index in [4.69, 9.17) is 9.47 Å². The fraction of sp³-hybridized carbons (Fsp3) is 0.784. The van der Waals surface area contributed by atoms with Crippen molar-refractivity contribution in [3.63, 3.8) is 0 Å². The van der Waals surface area contributed by atoms with E-state index in [1.807, 2.05) is 0 Å². The number of fused-ring (bicyclic) bond motifs is 5. The fourth-order valence-electron chi connectivity index (χ4n) is 10.7. The first kappa shape index (κ1) is 34.8. The van der Waals surface area contributed by atoms with Gasteiger partial charge in [0.2, 0.25) is 0 Å². The van der Waals surface area contributed by atoms with E-state index in [1.165, 1.54) is 37.1 Å². The summed E-state index contributed by atoms with van der Waals surface area (Å²) in [7, 11) is 0. The summed E-state index contributed by atoms with van der Waals surface area (Å²) in [5.41, 5.74) is -0.778. The van der Waals surface area contributed by atoms with Gasteiger partial charge in [-0.25, -0.2) is 0 Å². The number of aliphatic hydroxyl groups excluding tert-OH is 1. The van der Waals surface area contributed by atoms with Gasteiger partial charge in [-0.15, -0.1) is 0 Å². The first-order chi connectivity index (χ1) is 21.8. The summed E-state index contributed by atoms with van der Waals surface area (Å²) in [5.74, 6) is 0.818. The first-order valence-corrected chi connectivity index (χ1v) is 17.8. The minimum absolute atomic E-state index is 0.0377. The van der Waals surface area contributed by atoms with E-state index in [2.05, 4.69) is 27.7 Å². The predicted octanol–water partition coefficient (Wildman–Crippen LogP) is 7.54. The van der Waals surface area contributed by atoms with Crippen molar-refractivity contribution in [2.75, 3.05) is 0 Å². The summed E-state index contributed by atoms with van der Waals surface area (Å²) < 4.78 is 11.5. The van der Waals surface area contributed by atoms with Gasteiger partial charge in [0.05, 0.1) is 29.5 Å². The number of carbonyl (C=O) groups is 2. The number of non-ortho nitro benzene ring substituents is 1. The number of rotatable bonds is 12. The van der Waals surface area contributed by atoms with Crippen molar-refractivity contribution in [2.24, 2.45) is 40.4 Å². The highest BCUT2D eigenvalue weighted by Crippen LogP contribution is 2.69. The van der Waals surface area contributed by atoms with Crippen molar-refractivity contribution in [3.8, 4) is 5.75 Å². The van der Waals surface area contributed by atoms with Crippen LogP contribution in [0.2, 0.25) is 0 Å². The Balaban J connectivity index is 1.26. The monoisotopic (exact) mass is 641 g/mol. The van der Waals surface area contributed by atoms with Crippen LogP contribution in [0.4, 0.5) is 5.69 Å². The van der Waals surface area contributed by atoms with E-state index in [0.717, 1.165) is 64.2 Å². The molecule has 4 saturated carbocycles. The highest BCUT2D eigenvalue weighted by Gasteiger charge is 2.64. The Bertz CT molecular complexity index is 1250. The fourth-order valence-corrected chi connectivity index (χ4v) is 10.7. The highest BCUT2D eigenvalue weighted by atomic mass is 16.6. The standard InChI is InChI=1S/C37H55NO8/c1-5-6-7-8-19-37(4,42)32-14-13-28-27-23-31(30-22-25(39)17-20-35(30,2)29(27)18-21-36(28,32)3)46-34(41)16-15-33(40)45-26-11-9-24(10-12-26)38(43)44/h9-12,25,27-32,39,42H,5-8,13-23H2,1-4H3/t25-,27-,28-,29-,30+,31-,32-,35+,36-,37-/m0/s1. The van der Waals surface area contributed by atoms with E-state index in [-0.39, 0.29) is 53.0 Å². The van der Waals surface area contributed by atoms with Crippen molar-refractivity contribution in [1.82, 2.24) is 0 Å². The molecule has 1 aromatic carbocycles. The number of nitro groups is 1. The largest absolute Gasteiger partial charge is 0.462 e. The average Bonchev–Trinajstić information content (AvgIpc) is 3.38. The number of carbonyl (C=O) groups excluding carboxylic acids is 2. The van der Waals surface area contributed by atoms with Crippen molar-refractivity contribution in [2.45, 2.75) is 142 Å². The first-order valence-electron chi connectivity index (χ1n) is 17.8.